The smallest absolute Gasteiger partial charge is 0.0598 e. The molecule has 0 amide bonds. The largest absolute Gasteiger partial charge is 0.376 e. The first-order valence-corrected chi connectivity index (χ1v) is 16.2. The number of rotatable bonds is 10. The minimum Gasteiger partial charge on any atom is -0.376 e. The molecule has 0 saturated heterocycles. The lowest BCUT2D eigenvalue weighted by molar-refractivity contribution is -0.00471. The average Bonchev–Trinajstić information content (AvgIpc) is 3.17. The van der Waals surface area contributed by atoms with E-state index < -0.39 is 8.80 Å². The van der Waals surface area contributed by atoms with Gasteiger partial charge in [0.2, 0.25) is 0 Å². The van der Waals surface area contributed by atoms with E-state index in [0.29, 0.717) is 11.5 Å². The van der Waals surface area contributed by atoms with Crippen molar-refractivity contribution in [1.82, 2.24) is 0 Å². The number of hydrogen-bond acceptors (Lipinski definition) is 2. The van der Waals surface area contributed by atoms with Crippen LogP contribution in [0.4, 0.5) is 0 Å². The number of unbranched alkanes of at least 4 members (excludes halogenated alkanes) is 3. The van der Waals surface area contributed by atoms with Crippen molar-refractivity contribution in [1.29, 1.82) is 0 Å². The van der Waals surface area contributed by atoms with Gasteiger partial charge in [0.25, 0.3) is 0 Å². The van der Waals surface area contributed by atoms with E-state index in [4.69, 9.17) is 10.5 Å². The summed E-state index contributed by atoms with van der Waals surface area (Å²) in [5.74, 6) is 0.607. The molecule has 199 valence electrons. The molecular formula is C33H52NOSi. The van der Waals surface area contributed by atoms with Gasteiger partial charge in [-0.25, -0.2) is 0 Å². The van der Waals surface area contributed by atoms with Gasteiger partial charge in [-0.15, -0.1) is 0 Å². The zero-order valence-electron chi connectivity index (χ0n) is 24.6. The average molecular weight is 507 g/mol. The van der Waals surface area contributed by atoms with E-state index in [-0.39, 0.29) is 11.1 Å². The minimum absolute atomic E-state index is 0. The van der Waals surface area contributed by atoms with E-state index in [0.717, 1.165) is 6.61 Å². The number of hydrogen-bond donors (Lipinski definition) is 1. The highest BCUT2D eigenvalue weighted by Crippen LogP contribution is 2.45. The molecule has 3 heteroatoms. The van der Waals surface area contributed by atoms with E-state index in [1.807, 2.05) is 20.8 Å². The molecule has 2 nitrogen and oxygen atoms in total. The fraction of sp³-hybridized carbons (Fsp3) is 0.576. The molecule has 0 bridgehead atoms. The predicted octanol–water partition coefficient (Wildman–Crippen LogP) is 9.27. The second-order valence-electron chi connectivity index (χ2n) is 12.7. The van der Waals surface area contributed by atoms with Crippen LogP contribution in [0.25, 0.3) is 17.2 Å². The topological polar surface area (TPSA) is 35.2 Å². The normalized spacial score (nSPS) is 15.6. The van der Waals surface area contributed by atoms with Crippen LogP contribution in [0, 0.1) is 5.92 Å². The molecule has 0 spiro atoms. The monoisotopic (exact) mass is 506 g/mol. The van der Waals surface area contributed by atoms with Crippen molar-refractivity contribution in [3.05, 3.63) is 65.2 Å². The first-order valence-electron chi connectivity index (χ1n) is 13.9. The molecular weight excluding hydrogens is 454 g/mol. The lowest BCUT2D eigenvalue weighted by Crippen LogP contribution is -2.26. The second-order valence-corrected chi connectivity index (χ2v) is 15.5. The summed E-state index contributed by atoms with van der Waals surface area (Å²) in [6.07, 6.45) is 7.70. The molecule has 0 saturated carbocycles. The predicted molar refractivity (Wildman–Crippen MR) is 162 cm³/mol. The Morgan fingerprint density at radius 1 is 0.861 bits per heavy atom. The molecule has 2 N–H and O–H groups in total. The van der Waals surface area contributed by atoms with Crippen molar-refractivity contribution >= 4 is 14.9 Å². The van der Waals surface area contributed by atoms with E-state index in [1.54, 1.807) is 11.1 Å². The first kappa shape index (κ1) is 30.5. The van der Waals surface area contributed by atoms with Crippen LogP contribution in [0.5, 0.6) is 0 Å². The first-order chi connectivity index (χ1) is 16.8. The third-order valence-electron chi connectivity index (χ3n) is 6.34. The molecule has 0 aromatic heterocycles. The van der Waals surface area contributed by atoms with Gasteiger partial charge in [0, 0.05) is 12.1 Å². The lowest BCUT2D eigenvalue weighted by Gasteiger charge is -2.25. The fourth-order valence-electron chi connectivity index (χ4n) is 4.73. The van der Waals surface area contributed by atoms with Crippen LogP contribution in [0.3, 0.4) is 0 Å². The van der Waals surface area contributed by atoms with Crippen molar-refractivity contribution in [3.8, 4) is 11.1 Å². The number of fused-ring (bicyclic) bond motifs is 1. The van der Waals surface area contributed by atoms with E-state index in [1.165, 1.54) is 48.4 Å². The zero-order valence-corrected chi connectivity index (χ0v) is 25.6. The van der Waals surface area contributed by atoms with Gasteiger partial charge in [0.15, 0.2) is 0 Å². The second kappa shape index (κ2) is 13.7. The van der Waals surface area contributed by atoms with Crippen LogP contribution in [0.15, 0.2) is 54.1 Å². The molecule has 0 aliphatic heterocycles. The molecule has 1 aliphatic carbocycles. The molecule has 0 heterocycles. The summed E-state index contributed by atoms with van der Waals surface area (Å²) < 4.78 is 5.86. The molecule has 2 aromatic carbocycles. The van der Waals surface area contributed by atoms with E-state index >= 15 is 0 Å². The Labute approximate surface area is 224 Å². The summed E-state index contributed by atoms with van der Waals surface area (Å²) >= 11 is 0. The molecule has 1 aliphatic rings. The molecule has 1 unspecified atom stereocenters. The summed E-state index contributed by atoms with van der Waals surface area (Å²) in [7, 11) is -0.485. The maximum absolute atomic E-state index is 5.86. The third-order valence-corrected chi connectivity index (χ3v) is 9.11. The summed E-state index contributed by atoms with van der Waals surface area (Å²) in [6.45, 7) is 20.5. The molecule has 0 fully saturated rings. The van der Waals surface area contributed by atoms with Crippen molar-refractivity contribution in [2.24, 2.45) is 11.7 Å². The van der Waals surface area contributed by atoms with Crippen LogP contribution in [0.1, 0.15) is 97.7 Å². The summed E-state index contributed by atoms with van der Waals surface area (Å²) in [4.78, 5) is 0. The minimum atomic E-state index is -0.485. The maximum atomic E-state index is 5.86. The van der Waals surface area contributed by atoms with Crippen molar-refractivity contribution in [2.45, 2.75) is 110 Å². The third kappa shape index (κ3) is 10.4. The number of ether oxygens (including phenoxy) is 1. The molecule has 1 atom stereocenters. The Morgan fingerprint density at radius 3 is 2.06 bits per heavy atom. The zero-order chi connectivity index (χ0) is 26.9. The van der Waals surface area contributed by atoms with Gasteiger partial charge in [-0.3, -0.25) is 0 Å². The number of nitrogens with two attached hydrogens (primary N) is 1. The quantitative estimate of drug-likeness (QED) is 0.257. The van der Waals surface area contributed by atoms with Crippen molar-refractivity contribution in [3.63, 3.8) is 0 Å². The van der Waals surface area contributed by atoms with Crippen LogP contribution < -0.4 is 5.73 Å². The van der Waals surface area contributed by atoms with Gasteiger partial charge in [-0.05, 0) is 81.7 Å². The van der Waals surface area contributed by atoms with Crippen LogP contribution in [0.2, 0.25) is 12.6 Å². The Hall–Kier alpha value is -1.68. The van der Waals surface area contributed by atoms with Gasteiger partial charge in [-0.1, -0.05) is 106 Å². The SMILES string of the molecule is CC(C)(C)N.CC(C)C1=Cc2c(-c3ccccc3)cccc2C1[Si](C)CCCCCCOC(C)(C)C. The Morgan fingerprint density at radius 2 is 1.47 bits per heavy atom. The highest BCUT2D eigenvalue weighted by atomic mass is 28.3. The Bertz CT molecular complexity index is 944. The highest BCUT2D eigenvalue weighted by Gasteiger charge is 2.33. The molecule has 1 radical (unpaired) electrons. The van der Waals surface area contributed by atoms with Crippen LogP contribution in [-0.2, 0) is 4.74 Å². The Balaban J connectivity index is 0.000000830. The summed E-state index contributed by atoms with van der Waals surface area (Å²) in [5, 5.41) is 0. The van der Waals surface area contributed by atoms with Gasteiger partial charge >= 0.3 is 0 Å². The lowest BCUT2D eigenvalue weighted by atomic mass is 9.97. The molecule has 36 heavy (non-hydrogen) atoms. The van der Waals surface area contributed by atoms with E-state index in [9.17, 15) is 0 Å². The highest BCUT2D eigenvalue weighted by molar-refractivity contribution is 6.60. The van der Waals surface area contributed by atoms with Crippen LogP contribution >= 0.6 is 0 Å². The number of benzene rings is 2. The summed E-state index contributed by atoms with van der Waals surface area (Å²) in [6, 6.07) is 19.3. The number of allylic oxidation sites excluding steroid dienone is 1. The van der Waals surface area contributed by atoms with Gasteiger partial charge in [0.05, 0.1) is 14.4 Å². The Kier molecular flexibility index (Phi) is 11.7. The molecule has 2 aromatic rings. The van der Waals surface area contributed by atoms with Crippen LogP contribution in [-0.4, -0.2) is 26.5 Å². The van der Waals surface area contributed by atoms with Gasteiger partial charge in [-0.2, -0.15) is 0 Å². The van der Waals surface area contributed by atoms with Gasteiger partial charge in [0.1, 0.15) is 0 Å². The fourth-order valence-corrected chi connectivity index (χ4v) is 7.59. The van der Waals surface area contributed by atoms with Crippen molar-refractivity contribution < 1.29 is 4.74 Å². The van der Waals surface area contributed by atoms with Gasteiger partial charge < -0.3 is 10.5 Å². The summed E-state index contributed by atoms with van der Waals surface area (Å²) in [5.41, 5.74) is 13.5. The molecule has 3 rings (SSSR count). The standard InChI is InChI=1S/C29H41OSi.C4H11N/c1-22(2)26-21-27-24(23-15-10-9-11-16-23)17-14-18-25(27)28(26)31(6)20-13-8-7-12-19-30-29(3,4)5;1-4(2,3)5/h9-11,14-18,21-22,28H,7-8,12-13,19-20H2,1-6H3;5H2,1-3H3. The maximum Gasteiger partial charge on any atom is 0.0598 e. The van der Waals surface area contributed by atoms with E-state index in [2.05, 4.69) is 95.8 Å². The van der Waals surface area contributed by atoms with Crippen molar-refractivity contribution in [2.75, 3.05) is 6.61 Å².